The number of carboxylic acid groups (broad SMARTS) is 1. The summed E-state index contributed by atoms with van der Waals surface area (Å²) in [6.07, 6.45) is 0.600. The molecule has 0 saturated heterocycles. The smallest absolute Gasteiger partial charge is 0.323 e. The van der Waals surface area contributed by atoms with E-state index in [0.29, 0.717) is 17.7 Å². The molecule has 1 unspecified atom stereocenters. The van der Waals surface area contributed by atoms with E-state index in [1.807, 2.05) is 6.92 Å². The highest BCUT2D eigenvalue weighted by atomic mass is 16.4. The Bertz CT molecular complexity index is 621. The summed E-state index contributed by atoms with van der Waals surface area (Å²) in [6, 6.07) is -0.272. The van der Waals surface area contributed by atoms with E-state index in [1.165, 1.54) is 11.9 Å². The van der Waals surface area contributed by atoms with Gasteiger partial charge in [0.1, 0.15) is 12.1 Å². The van der Waals surface area contributed by atoms with Crippen LogP contribution in [0.3, 0.4) is 0 Å². The number of carbonyl (C=O) groups is 2. The molecule has 0 radical (unpaired) electrons. The molecule has 1 aromatic heterocycles. The molecule has 0 saturated carbocycles. The molecule has 0 fully saturated rings. The van der Waals surface area contributed by atoms with Crippen LogP contribution in [0.15, 0.2) is 4.79 Å². The summed E-state index contributed by atoms with van der Waals surface area (Å²) in [6.45, 7) is 6.53. The predicted octanol–water partition coefficient (Wildman–Crippen LogP) is 0.722. The first-order valence-electron chi connectivity index (χ1n) is 6.77. The van der Waals surface area contributed by atoms with Crippen molar-refractivity contribution >= 4 is 11.9 Å². The maximum Gasteiger partial charge on any atom is 0.323 e. The summed E-state index contributed by atoms with van der Waals surface area (Å²) in [5.74, 6) is -1.67. The summed E-state index contributed by atoms with van der Waals surface area (Å²) in [5.41, 5.74) is 0.537. The highest BCUT2D eigenvalue weighted by molar-refractivity contribution is 5.97. The van der Waals surface area contributed by atoms with Crippen LogP contribution in [0.5, 0.6) is 0 Å². The molecule has 1 atom stereocenters. The minimum atomic E-state index is -1.11. The minimum absolute atomic E-state index is 0.00782. The van der Waals surface area contributed by atoms with Crippen molar-refractivity contribution in [3.8, 4) is 0 Å². The van der Waals surface area contributed by atoms with E-state index in [0.717, 1.165) is 4.68 Å². The van der Waals surface area contributed by atoms with Gasteiger partial charge in [-0.2, -0.15) is 5.10 Å². The Kier molecular flexibility index (Phi) is 5.23. The normalized spacial score (nSPS) is 12.0. The molecular formula is C14H21N3O4. The molecule has 116 valence electrons. The molecular weight excluding hydrogens is 274 g/mol. The van der Waals surface area contributed by atoms with Crippen molar-refractivity contribution in [3.63, 3.8) is 0 Å². The van der Waals surface area contributed by atoms with Crippen molar-refractivity contribution in [2.24, 2.45) is 7.05 Å². The lowest BCUT2D eigenvalue weighted by atomic mass is 10.1. The van der Waals surface area contributed by atoms with Crippen LogP contribution in [0.2, 0.25) is 0 Å². The fourth-order valence-corrected chi connectivity index (χ4v) is 2.04. The first-order chi connectivity index (χ1) is 9.70. The third kappa shape index (κ3) is 3.48. The van der Waals surface area contributed by atoms with Crippen LogP contribution < -0.4 is 5.56 Å². The zero-order valence-electron chi connectivity index (χ0n) is 13.0. The lowest BCUT2D eigenvalue weighted by Gasteiger charge is -2.27. The summed E-state index contributed by atoms with van der Waals surface area (Å²) >= 11 is 0. The van der Waals surface area contributed by atoms with Crippen molar-refractivity contribution in [1.29, 1.82) is 0 Å². The number of hydrogen-bond acceptors (Lipinski definition) is 4. The van der Waals surface area contributed by atoms with Crippen LogP contribution >= 0.6 is 0 Å². The van der Waals surface area contributed by atoms with Gasteiger partial charge in [0.25, 0.3) is 11.5 Å². The number of aryl methyl sites for hydroxylation is 2. The number of amides is 1. The summed E-state index contributed by atoms with van der Waals surface area (Å²) in [7, 11) is 1.47. The SMILES string of the molecule is CCC(C)N(CC(=O)O)C(=O)c1c(C)c(C)nn(C)c1=O. The Hall–Kier alpha value is -2.18. The van der Waals surface area contributed by atoms with Gasteiger partial charge < -0.3 is 10.0 Å². The summed E-state index contributed by atoms with van der Waals surface area (Å²) < 4.78 is 1.10. The molecule has 1 N–H and O–H groups in total. The van der Waals surface area contributed by atoms with Crippen molar-refractivity contribution in [2.75, 3.05) is 6.54 Å². The van der Waals surface area contributed by atoms with E-state index in [9.17, 15) is 14.4 Å². The van der Waals surface area contributed by atoms with E-state index in [4.69, 9.17) is 5.11 Å². The molecule has 0 bridgehead atoms. The third-order valence-electron chi connectivity index (χ3n) is 3.63. The van der Waals surface area contributed by atoms with Gasteiger partial charge >= 0.3 is 5.97 Å². The van der Waals surface area contributed by atoms with Gasteiger partial charge in [-0.1, -0.05) is 6.92 Å². The maximum atomic E-state index is 12.6. The van der Waals surface area contributed by atoms with Crippen molar-refractivity contribution in [2.45, 2.75) is 40.2 Å². The zero-order valence-corrected chi connectivity index (χ0v) is 13.0. The molecule has 0 aromatic carbocycles. The average molecular weight is 295 g/mol. The molecule has 0 aliphatic rings. The van der Waals surface area contributed by atoms with Gasteiger partial charge in [-0.3, -0.25) is 14.4 Å². The van der Waals surface area contributed by atoms with E-state index in [2.05, 4.69) is 5.10 Å². The largest absolute Gasteiger partial charge is 0.480 e. The number of aromatic nitrogens is 2. The minimum Gasteiger partial charge on any atom is -0.480 e. The molecule has 1 rings (SSSR count). The van der Waals surface area contributed by atoms with E-state index >= 15 is 0 Å². The highest BCUT2D eigenvalue weighted by Crippen LogP contribution is 2.13. The fraction of sp³-hybridized carbons (Fsp3) is 0.571. The Balaban J connectivity index is 3.40. The van der Waals surface area contributed by atoms with Gasteiger partial charge in [0.2, 0.25) is 0 Å². The number of rotatable bonds is 5. The van der Waals surface area contributed by atoms with E-state index in [1.54, 1.807) is 20.8 Å². The van der Waals surface area contributed by atoms with Crippen molar-refractivity contribution in [1.82, 2.24) is 14.7 Å². The first kappa shape index (κ1) is 16.9. The summed E-state index contributed by atoms with van der Waals surface area (Å²) in [5, 5.41) is 13.0. The van der Waals surface area contributed by atoms with Crippen LogP contribution in [0.4, 0.5) is 0 Å². The third-order valence-corrected chi connectivity index (χ3v) is 3.63. The number of aliphatic carboxylic acids is 1. The van der Waals surface area contributed by atoms with Gasteiger partial charge in [-0.05, 0) is 32.8 Å². The highest BCUT2D eigenvalue weighted by Gasteiger charge is 2.27. The van der Waals surface area contributed by atoms with E-state index in [-0.39, 0.29) is 11.6 Å². The first-order valence-corrected chi connectivity index (χ1v) is 6.77. The second-order valence-electron chi connectivity index (χ2n) is 5.10. The number of carboxylic acids is 1. The molecule has 7 nitrogen and oxygen atoms in total. The van der Waals surface area contributed by atoms with Gasteiger partial charge in [-0.15, -0.1) is 0 Å². The average Bonchev–Trinajstić information content (AvgIpc) is 2.41. The molecule has 0 spiro atoms. The van der Waals surface area contributed by atoms with Gasteiger partial charge in [0, 0.05) is 13.1 Å². The second-order valence-corrected chi connectivity index (χ2v) is 5.10. The molecule has 21 heavy (non-hydrogen) atoms. The predicted molar refractivity (Wildman–Crippen MR) is 77.4 cm³/mol. The quantitative estimate of drug-likeness (QED) is 0.864. The molecule has 1 aromatic rings. The zero-order chi connectivity index (χ0) is 16.3. The lowest BCUT2D eigenvalue weighted by molar-refractivity contribution is -0.138. The maximum absolute atomic E-state index is 12.6. The Morgan fingerprint density at radius 1 is 1.38 bits per heavy atom. The molecule has 0 aliphatic heterocycles. The van der Waals surface area contributed by atoms with Crippen LogP contribution in [0.1, 0.15) is 41.9 Å². The Labute approximate surface area is 123 Å². The van der Waals surface area contributed by atoms with Gasteiger partial charge in [0.05, 0.1) is 5.69 Å². The van der Waals surface area contributed by atoms with Crippen LogP contribution in [-0.4, -0.2) is 44.3 Å². The molecule has 0 aliphatic carbocycles. The van der Waals surface area contributed by atoms with Crippen molar-refractivity contribution < 1.29 is 14.7 Å². The molecule has 1 amide bonds. The standard InChI is InChI=1S/C14H21N3O4/c1-6-8(2)17(7-11(18)19)14(21)12-9(3)10(4)15-16(5)13(12)20/h8H,6-7H2,1-5H3,(H,18,19). The molecule has 1 heterocycles. The van der Waals surface area contributed by atoms with Crippen LogP contribution in [0.25, 0.3) is 0 Å². The Morgan fingerprint density at radius 2 is 1.95 bits per heavy atom. The van der Waals surface area contributed by atoms with Crippen LogP contribution in [0, 0.1) is 13.8 Å². The number of hydrogen-bond donors (Lipinski definition) is 1. The second kappa shape index (κ2) is 6.51. The van der Waals surface area contributed by atoms with Crippen molar-refractivity contribution in [3.05, 3.63) is 27.2 Å². The monoisotopic (exact) mass is 295 g/mol. The van der Waals surface area contributed by atoms with Crippen LogP contribution in [-0.2, 0) is 11.8 Å². The Morgan fingerprint density at radius 3 is 2.43 bits per heavy atom. The lowest BCUT2D eigenvalue weighted by Crippen LogP contribution is -2.45. The topological polar surface area (TPSA) is 92.5 Å². The number of nitrogens with zero attached hydrogens (tertiary/aromatic N) is 3. The van der Waals surface area contributed by atoms with E-state index < -0.39 is 24.0 Å². The summed E-state index contributed by atoms with van der Waals surface area (Å²) in [4.78, 5) is 37.0. The molecule has 7 heteroatoms. The van der Waals surface area contributed by atoms with Gasteiger partial charge in [0.15, 0.2) is 0 Å². The fourth-order valence-electron chi connectivity index (χ4n) is 2.04. The number of carbonyl (C=O) groups excluding carboxylic acids is 1. The van der Waals surface area contributed by atoms with Gasteiger partial charge in [-0.25, -0.2) is 4.68 Å².